The second kappa shape index (κ2) is 7.65. The van der Waals surface area contributed by atoms with Gasteiger partial charge in [0.2, 0.25) is 6.41 Å². The van der Waals surface area contributed by atoms with Crippen LogP contribution in [0.1, 0.15) is 19.3 Å². The Labute approximate surface area is 150 Å². The molecule has 3 N–H and O–H groups in total. The summed E-state index contributed by atoms with van der Waals surface area (Å²) in [4.78, 5) is 27.3. The number of amides is 2. The highest BCUT2D eigenvalue weighted by atomic mass is 16.2. The Hall–Kier alpha value is -3.41. The lowest BCUT2D eigenvalue weighted by Gasteiger charge is -2.14. The molecule has 1 atom stereocenters. The Morgan fingerprint density at radius 3 is 3.00 bits per heavy atom. The summed E-state index contributed by atoms with van der Waals surface area (Å²) in [5.41, 5.74) is 2.07. The summed E-state index contributed by atoms with van der Waals surface area (Å²) < 4.78 is 1.22. The van der Waals surface area contributed by atoms with Gasteiger partial charge in [-0.05, 0) is 24.8 Å². The molecule has 26 heavy (non-hydrogen) atoms. The molecule has 2 heterocycles. The molecule has 1 saturated carbocycles. The molecule has 0 aliphatic heterocycles. The molecule has 134 valence electrons. The van der Waals surface area contributed by atoms with Gasteiger partial charge in [-0.3, -0.25) is 4.79 Å². The van der Waals surface area contributed by atoms with Gasteiger partial charge in [-0.1, -0.05) is 0 Å². The van der Waals surface area contributed by atoms with Crippen LogP contribution in [-0.4, -0.2) is 40.3 Å². The highest BCUT2D eigenvalue weighted by molar-refractivity contribution is 5.89. The van der Waals surface area contributed by atoms with E-state index in [0.717, 1.165) is 18.4 Å². The lowest BCUT2D eigenvalue weighted by atomic mass is 10.1. The molecule has 0 saturated heterocycles. The van der Waals surface area contributed by atoms with Gasteiger partial charge in [-0.15, -0.1) is 0 Å². The van der Waals surface area contributed by atoms with Gasteiger partial charge in [0.25, 0.3) is 0 Å². The topological polar surface area (TPSA) is 125 Å². The van der Waals surface area contributed by atoms with Gasteiger partial charge >= 0.3 is 6.03 Å². The van der Waals surface area contributed by atoms with E-state index in [1.165, 1.54) is 4.68 Å². The third-order valence-corrected chi connectivity index (χ3v) is 4.31. The fraction of sp³-hybridized carbons (Fsp3) is 0.353. The molecule has 9 nitrogen and oxygen atoms in total. The van der Waals surface area contributed by atoms with Crippen molar-refractivity contribution in [1.29, 1.82) is 5.26 Å². The van der Waals surface area contributed by atoms with E-state index in [0.29, 0.717) is 35.8 Å². The minimum Gasteiger partial charge on any atom is -0.385 e. The summed E-state index contributed by atoms with van der Waals surface area (Å²) in [5, 5.41) is 21.4. The molecule has 2 aromatic rings. The number of carbonyl (C=O) groups is 2. The van der Waals surface area contributed by atoms with Crippen LogP contribution in [0.3, 0.4) is 0 Å². The van der Waals surface area contributed by atoms with Crippen LogP contribution in [0.2, 0.25) is 0 Å². The number of nitriles is 1. The summed E-state index contributed by atoms with van der Waals surface area (Å²) in [6, 6.07) is 3.38. The first-order valence-corrected chi connectivity index (χ1v) is 8.27. The molecule has 0 bridgehead atoms. The average Bonchev–Trinajstić information content (AvgIpc) is 3.37. The molecular weight excluding hydrogens is 334 g/mol. The third kappa shape index (κ3) is 3.64. The molecule has 2 aromatic heterocycles. The molecule has 1 fully saturated rings. The smallest absolute Gasteiger partial charge is 0.342 e. The van der Waals surface area contributed by atoms with E-state index in [1.54, 1.807) is 31.7 Å². The predicted molar refractivity (Wildman–Crippen MR) is 95.4 cm³/mol. The fourth-order valence-corrected chi connectivity index (χ4v) is 2.85. The van der Waals surface area contributed by atoms with Gasteiger partial charge in [0.05, 0.1) is 24.4 Å². The lowest BCUT2D eigenvalue weighted by Crippen LogP contribution is -2.39. The zero-order valence-corrected chi connectivity index (χ0v) is 14.3. The molecular formula is C17H19N7O2. The maximum Gasteiger partial charge on any atom is 0.342 e. The number of aromatic nitrogens is 3. The normalized spacial score (nSPS) is 14.2. The number of hydrogen-bond acceptors (Lipinski definition) is 6. The van der Waals surface area contributed by atoms with Crippen LogP contribution in [0.4, 0.5) is 16.3 Å². The van der Waals surface area contributed by atoms with E-state index in [-0.39, 0.29) is 12.1 Å². The summed E-state index contributed by atoms with van der Waals surface area (Å²) >= 11 is 0. The van der Waals surface area contributed by atoms with E-state index in [4.69, 9.17) is 5.26 Å². The maximum atomic E-state index is 12.4. The number of nitrogens with zero attached hydrogens (tertiary/aromatic N) is 4. The number of rotatable bonds is 7. The molecule has 0 aromatic carbocycles. The quantitative estimate of drug-likeness (QED) is 0.652. The van der Waals surface area contributed by atoms with Crippen LogP contribution >= 0.6 is 0 Å². The van der Waals surface area contributed by atoms with Crippen LogP contribution in [0, 0.1) is 17.2 Å². The van der Waals surface area contributed by atoms with E-state index in [9.17, 15) is 9.59 Å². The number of pyridine rings is 1. The second-order valence-corrected chi connectivity index (χ2v) is 6.02. The van der Waals surface area contributed by atoms with Gasteiger partial charge < -0.3 is 16.0 Å². The Bertz CT molecular complexity index is 851. The van der Waals surface area contributed by atoms with Crippen molar-refractivity contribution in [1.82, 2.24) is 20.1 Å². The molecule has 0 radical (unpaired) electrons. The van der Waals surface area contributed by atoms with Crippen LogP contribution in [0.15, 0.2) is 24.7 Å². The maximum absolute atomic E-state index is 12.4. The highest BCUT2D eigenvalue weighted by Crippen LogP contribution is 2.34. The summed E-state index contributed by atoms with van der Waals surface area (Å²) in [6.45, 7) is 0. The van der Waals surface area contributed by atoms with E-state index in [1.807, 2.05) is 0 Å². The van der Waals surface area contributed by atoms with Crippen LogP contribution in [0.25, 0.3) is 11.1 Å². The van der Waals surface area contributed by atoms with E-state index < -0.39 is 0 Å². The third-order valence-electron chi connectivity index (χ3n) is 4.31. The van der Waals surface area contributed by atoms with Gasteiger partial charge in [-0.25, -0.2) is 9.78 Å². The van der Waals surface area contributed by atoms with E-state index in [2.05, 4.69) is 32.1 Å². The van der Waals surface area contributed by atoms with Crippen molar-refractivity contribution in [3.05, 3.63) is 24.7 Å². The molecule has 2 amide bonds. The molecule has 0 spiro atoms. The SMILES string of the molecule is CNc1c(-c2cnn(C(=O)NC(CC#N)C3CC3)c2)ccnc1NC=O. The first kappa shape index (κ1) is 17.4. The zero-order chi connectivity index (χ0) is 18.5. The standard InChI is InChI=1S/C17H19N7O2/c1-19-15-13(5-7-20-16(15)21-10-25)12-8-22-24(9-12)17(26)23-14(4-6-18)11-2-3-11/h5,7-11,14,19H,2-4H2,1H3,(H,23,26)(H,20,21,25). The first-order chi connectivity index (χ1) is 12.7. The minimum absolute atomic E-state index is 0.141. The molecule has 9 heteroatoms. The Kier molecular flexibility index (Phi) is 5.12. The molecule has 3 rings (SSSR count). The first-order valence-electron chi connectivity index (χ1n) is 8.27. The summed E-state index contributed by atoms with van der Waals surface area (Å²) in [5.74, 6) is 0.765. The van der Waals surface area contributed by atoms with Crippen molar-refractivity contribution in [2.75, 3.05) is 17.7 Å². The van der Waals surface area contributed by atoms with Crippen molar-refractivity contribution in [2.24, 2.45) is 5.92 Å². The van der Waals surface area contributed by atoms with Crippen molar-refractivity contribution >= 4 is 23.9 Å². The molecule has 1 aliphatic rings. The van der Waals surface area contributed by atoms with Crippen LogP contribution in [0.5, 0.6) is 0 Å². The molecule has 1 unspecified atom stereocenters. The summed E-state index contributed by atoms with van der Waals surface area (Å²) in [6.07, 6.45) is 7.65. The number of anilines is 2. The number of carbonyl (C=O) groups excluding carboxylic acids is 2. The van der Waals surface area contributed by atoms with Gasteiger partial charge in [-0.2, -0.15) is 15.0 Å². The van der Waals surface area contributed by atoms with Gasteiger partial charge in [0.1, 0.15) is 0 Å². The predicted octanol–water partition coefficient (Wildman–Crippen LogP) is 1.81. The van der Waals surface area contributed by atoms with E-state index >= 15 is 0 Å². The second-order valence-electron chi connectivity index (χ2n) is 6.02. The summed E-state index contributed by atoms with van der Waals surface area (Å²) in [7, 11) is 1.72. The van der Waals surface area contributed by atoms with Crippen LogP contribution in [-0.2, 0) is 4.79 Å². The largest absolute Gasteiger partial charge is 0.385 e. The highest BCUT2D eigenvalue weighted by Gasteiger charge is 2.32. The zero-order valence-electron chi connectivity index (χ0n) is 14.3. The van der Waals surface area contributed by atoms with Crippen LogP contribution < -0.4 is 16.0 Å². The van der Waals surface area contributed by atoms with Crippen molar-refractivity contribution in [2.45, 2.75) is 25.3 Å². The van der Waals surface area contributed by atoms with Gasteiger partial charge in [0, 0.05) is 36.6 Å². The number of hydrogen-bond donors (Lipinski definition) is 3. The fourth-order valence-electron chi connectivity index (χ4n) is 2.85. The Balaban J connectivity index is 1.81. The lowest BCUT2D eigenvalue weighted by molar-refractivity contribution is -0.105. The van der Waals surface area contributed by atoms with Crippen molar-refractivity contribution in [3.8, 4) is 17.2 Å². The van der Waals surface area contributed by atoms with Crippen molar-refractivity contribution in [3.63, 3.8) is 0 Å². The minimum atomic E-state index is -0.366. The number of nitrogens with one attached hydrogen (secondary N) is 3. The van der Waals surface area contributed by atoms with Gasteiger partial charge in [0.15, 0.2) is 5.82 Å². The Morgan fingerprint density at radius 2 is 2.35 bits per heavy atom. The van der Waals surface area contributed by atoms with Crippen molar-refractivity contribution < 1.29 is 9.59 Å². The monoisotopic (exact) mass is 353 g/mol. The average molecular weight is 353 g/mol. The Morgan fingerprint density at radius 1 is 1.54 bits per heavy atom. The molecule has 1 aliphatic carbocycles.